The number of nitro groups is 1. The predicted molar refractivity (Wildman–Crippen MR) is 140 cm³/mol. The van der Waals surface area contributed by atoms with E-state index in [1.165, 1.54) is 47.6 Å². The van der Waals surface area contributed by atoms with Crippen LogP contribution in [0.1, 0.15) is 28.3 Å². The molecule has 4 aromatic rings. The Hall–Kier alpha value is -4.57. The van der Waals surface area contributed by atoms with E-state index >= 15 is 0 Å². The van der Waals surface area contributed by atoms with Gasteiger partial charge in [-0.3, -0.25) is 24.6 Å². The van der Waals surface area contributed by atoms with Crippen molar-refractivity contribution in [3.8, 4) is 5.75 Å². The van der Waals surface area contributed by atoms with Crippen molar-refractivity contribution in [2.75, 3.05) is 12.0 Å². The maximum Gasteiger partial charge on any atom is 0.301 e. The average Bonchev–Trinajstić information content (AvgIpc) is 3.41. The summed E-state index contributed by atoms with van der Waals surface area (Å²) in [7, 11) is 1.53. The van der Waals surface area contributed by atoms with Crippen LogP contribution in [0.3, 0.4) is 0 Å². The number of aromatic nitrogens is 1. The third-order valence-electron chi connectivity index (χ3n) is 6.27. The second-order valence-electron chi connectivity index (χ2n) is 8.67. The quantitative estimate of drug-likeness (QED) is 0.123. The van der Waals surface area contributed by atoms with Crippen LogP contribution >= 0.6 is 11.3 Å². The Morgan fingerprint density at radius 1 is 1.08 bits per heavy atom. The largest absolute Gasteiger partial charge is 0.507 e. The zero-order valence-electron chi connectivity index (χ0n) is 20.1. The molecule has 0 radical (unpaired) electrons. The number of methoxy groups -OCH3 is 1. The average molecular weight is 516 g/mol. The van der Waals surface area contributed by atoms with E-state index in [0.29, 0.717) is 22.4 Å². The van der Waals surface area contributed by atoms with Crippen LogP contribution in [0.25, 0.3) is 16.0 Å². The molecule has 5 rings (SSSR count). The molecule has 10 heteroatoms. The lowest BCUT2D eigenvalue weighted by Gasteiger charge is -2.23. The van der Waals surface area contributed by atoms with Crippen molar-refractivity contribution < 1.29 is 24.4 Å². The number of ether oxygens (including phenoxy) is 1. The number of thiazole rings is 1. The Bertz CT molecular complexity index is 1620. The molecule has 2 heterocycles. The Morgan fingerprint density at radius 2 is 1.81 bits per heavy atom. The van der Waals surface area contributed by atoms with Crippen molar-refractivity contribution in [3.05, 3.63) is 98.6 Å². The van der Waals surface area contributed by atoms with E-state index in [0.717, 1.165) is 15.8 Å². The smallest absolute Gasteiger partial charge is 0.301 e. The van der Waals surface area contributed by atoms with Gasteiger partial charge in [0.2, 0.25) is 0 Å². The summed E-state index contributed by atoms with van der Waals surface area (Å²) in [6, 6.07) is 15.1. The lowest BCUT2D eigenvalue weighted by molar-refractivity contribution is -0.384. The van der Waals surface area contributed by atoms with E-state index < -0.39 is 22.7 Å². The standard InChI is InChI=1S/C27H21N3O6S/c1-14-4-10-19-21(12-14)37-27(28-19)29-23(16-5-8-18(9-6-16)30(34)35)22(25(32)26(29)33)24(31)17-7-11-20(36-3)15(2)13-17/h4-13,23,31H,1-3H3. The topological polar surface area (TPSA) is 123 Å². The highest BCUT2D eigenvalue weighted by Gasteiger charge is 2.48. The summed E-state index contributed by atoms with van der Waals surface area (Å²) < 4.78 is 6.13. The fourth-order valence-corrected chi connectivity index (χ4v) is 5.52. The van der Waals surface area contributed by atoms with Gasteiger partial charge in [0.25, 0.3) is 11.5 Å². The Labute approximate surface area is 215 Å². The van der Waals surface area contributed by atoms with Crippen LogP contribution in [0.5, 0.6) is 5.75 Å². The molecule has 0 saturated carbocycles. The Morgan fingerprint density at radius 3 is 2.46 bits per heavy atom. The van der Waals surface area contributed by atoms with E-state index in [2.05, 4.69) is 4.98 Å². The summed E-state index contributed by atoms with van der Waals surface area (Å²) in [5.74, 6) is -1.46. The van der Waals surface area contributed by atoms with E-state index in [1.54, 1.807) is 25.1 Å². The second-order valence-corrected chi connectivity index (χ2v) is 9.68. The zero-order chi connectivity index (χ0) is 26.4. The minimum absolute atomic E-state index is 0.126. The normalized spacial score (nSPS) is 16.9. The molecule has 1 aliphatic heterocycles. The van der Waals surface area contributed by atoms with Gasteiger partial charge < -0.3 is 9.84 Å². The number of Topliss-reactive ketones (excluding diaryl/α,β-unsaturated/α-hetero) is 1. The molecule has 1 N–H and O–H groups in total. The van der Waals surface area contributed by atoms with Gasteiger partial charge in [-0.25, -0.2) is 4.98 Å². The third kappa shape index (κ3) is 4.11. The summed E-state index contributed by atoms with van der Waals surface area (Å²) in [6.07, 6.45) is 0. The predicted octanol–water partition coefficient (Wildman–Crippen LogP) is 5.46. The number of aliphatic hydroxyl groups is 1. The fraction of sp³-hybridized carbons (Fsp3) is 0.148. The zero-order valence-corrected chi connectivity index (χ0v) is 20.9. The maximum absolute atomic E-state index is 13.4. The first kappa shape index (κ1) is 24.1. The number of carbonyl (C=O) groups excluding carboxylic acids is 2. The van der Waals surface area contributed by atoms with Gasteiger partial charge in [-0.2, -0.15) is 0 Å². The van der Waals surface area contributed by atoms with Gasteiger partial charge >= 0.3 is 5.91 Å². The second kappa shape index (κ2) is 9.14. The van der Waals surface area contributed by atoms with E-state index in [-0.39, 0.29) is 22.2 Å². The number of amides is 1. The van der Waals surface area contributed by atoms with Crippen LogP contribution < -0.4 is 9.64 Å². The maximum atomic E-state index is 13.4. The lowest BCUT2D eigenvalue weighted by Crippen LogP contribution is -2.29. The van der Waals surface area contributed by atoms with Crippen molar-refractivity contribution in [2.45, 2.75) is 19.9 Å². The molecule has 0 spiro atoms. The molecule has 3 aromatic carbocycles. The molecule has 0 aliphatic carbocycles. The van der Waals surface area contributed by atoms with Gasteiger partial charge in [-0.15, -0.1) is 0 Å². The number of hydrogen-bond acceptors (Lipinski definition) is 8. The number of non-ortho nitro benzene ring substituents is 1. The minimum atomic E-state index is -1.04. The van der Waals surface area contributed by atoms with Crippen LogP contribution in [0.4, 0.5) is 10.8 Å². The molecule has 37 heavy (non-hydrogen) atoms. The SMILES string of the molecule is COc1ccc(C(O)=C2C(=O)C(=O)N(c3nc4ccc(C)cc4s3)C2c2ccc([N+](=O)[O-])cc2)cc1C. The van der Waals surface area contributed by atoms with Crippen LogP contribution in [-0.2, 0) is 9.59 Å². The number of nitro benzene ring substituents is 1. The number of ketones is 1. The van der Waals surface area contributed by atoms with Crippen LogP contribution in [0.2, 0.25) is 0 Å². The van der Waals surface area contributed by atoms with Crippen LogP contribution in [-0.4, -0.2) is 33.8 Å². The molecule has 9 nitrogen and oxygen atoms in total. The monoisotopic (exact) mass is 515 g/mol. The molecule has 1 saturated heterocycles. The molecule has 1 aliphatic rings. The highest BCUT2D eigenvalue weighted by molar-refractivity contribution is 7.22. The van der Waals surface area contributed by atoms with Crippen molar-refractivity contribution in [3.63, 3.8) is 0 Å². The number of anilines is 1. The molecule has 186 valence electrons. The number of aliphatic hydroxyl groups excluding tert-OH is 1. The van der Waals surface area contributed by atoms with Crippen LogP contribution in [0, 0.1) is 24.0 Å². The lowest BCUT2D eigenvalue weighted by atomic mass is 9.94. The minimum Gasteiger partial charge on any atom is -0.507 e. The van der Waals surface area contributed by atoms with Gasteiger partial charge in [0.05, 0.1) is 33.9 Å². The van der Waals surface area contributed by atoms with Crippen molar-refractivity contribution in [2.24, 2.45) is 0 Å². The van der Waals surface area contributed by atoms with E-state index in [4.69, 9.17) is 4.74 Å². The summed E-state index contributed by atoms with van der Waals surface area (Å²) in [6.45, 7) is 3.74. The number of aryl methyl sites for hydroxylation is 2. The molecule has 1 aromatic heterocycles. The summed E-state index contributed by atoms with van der Waals surface area (Å²) >= 11 is 1.25. The number of benzene rings is 3. The number of rotatable bonds is 5. The molecule has 1 unspecified atom stereocenters. The molecule has 1 atom stereocenters. The fourth-order valence-electron chi connectivity index (χ4n) is 4.43. The summed E-state index contributed by atoms with van der Waals surface area (Å²) in [5, 5.41) is 22.8. The molecule has 1 amide bonds. The molecular weight excluding hydrogens is 494 g/mol. The first-order valence-corrected chi connectivity index (χ1v) is 12.1. The highest BCUT2D eigenvalue weighted by Crippen LogP contribution is 2.44. The van der Waals surface area contributed by atoms with Gasteiger partial charge in [-0.1, -0.05) is 17.4 Å². The number of carbonyl (C=O) groups is 2. The van der Waals surface area contributed by atoms with Crippen molar-refractivity contribution in [1.82, 2.24) is 4.98 Å². The van der Waals surface area contributed by atoms with Crippen molar-refractivity contribution in [1.29, 1.82) is 0 Å². The first-order valence-electron chi connectivity index (χ1n) is 11.3. The first-order chi connectivity index (χ1) is 17.7. The van der Waals surface area contributed by atoms with E-state index in [9.17, 15) is 24.8 Å². The number of nitrogens with zero attached hydrogens (tertiary/aromatic N) is 3. The Kier molecular flexibility index (Phi) is 5.96. The molecular formula is C27H21N3O6S. The van der Waals surface area contributed by atoms with Gasteiger partial charge in [-0.05, 0) is 73.0 Å². The van der Waals surface area contributed by atoms with Crippen LogP contribution in [0.15, 0.2) is 66.2 Å². The molecule has 0 bridgehead atoms. The van der Waals surface area contributed by atoms with Gasteiger partial charge in [0.1, 0.15) is 11.5 Å². The number of fused-ring (bicyclic) bond motifs is 1. The highest BCUT2D eigenvalue weighted by atomic mass is 32.1. The third-order valence-corrected chi connectivity index (χ3v) is 7.29. The summed E-state index contributed by atoms with van der Waals surface area (Å²) in [5.41, 5.74) is 2.91. The Balaban J connectivity index is 1.72. The van der Waals surface area contributed by atoms with E-state index in [1.807, 2.05) is 25.1 Å². The molecule has 1 fully saturated rings. The number of hydrogen-bond donors (Lipinski definition) is 1. The van der Waals surface area contributed by atoms with Gasteiger partial charge in [0, 0.05) is 17.7 Å². The van der Waals surface area contributed by atoms with Crippen molar-refractivity contribution >= 4 is 49.8 Å². The van der Waals surface area contributed by atoms with Gasteiger partial charge in [0.15, 0.2) is 5.13 Å². The summed E-state index contributed by atoms with van der Waals surface area (Å²) in [4.78, 5) is 43.3.